The molecule has 159 valence electrons. The molecule has 10 nitrogen and oxygen atoms in total. The number of carbonyl (C=O) groups excluding carboxylic acids is 2. The van der Waals surface area contributed by atoms with Gasteiger partial charge < -0.3 is 20.7 Å². The Bertz CT molecular complexity index is 1300. The van der Waals surface area contributed by atoms with E-state index in [9.17, 15) is 19.5 Å². The lowest BCUT2D eigenvalue weighted by Gasteiger charge is -2.18. The molecule has 10 heteroatoms. The van der Waals surface area contributed by atoms with Gasteiger partial charge in [0.05, 0.1) is 27.8 Å². The van der Waals surface area contributed by atoms with Crippen molar-refractivity contribution in [3.63, 3.8) is 0 Å². The number of hydrogen-bond acceptors (Lipinski definition) is 5. The van der Waals surface area contributed by atoms with Crippen molar-refractivity contribution in [1.82, 2.24) is 19.7 Å². The molecule has 2 aromatic heterocycles. The smallest absolute Gasteiger partial charge is 0.339 e. The number of nitrogens with one attached hydrogen (secondary N) is 1. The van der Waals surface area contributed by atoms with Gasteiger partial charge in [-0.25, -0.2) is 9.78 Å². The number of aromatic nitrogens is 4. The maximum atomic E-state index is 12.7. The molecule has 1 saturated carbocycles. The predicted molar refractivity (Wildman–Crippen MR) is 111 cm³/mol. The average Bonchev–Trinajstić information content (AvgIpc) is 3.15. The number of H-pyrrole nitrogens is 1. The molecule has 2 aliphatic rings. The Balaban J connectivity index is 1.64. The molecule has 1 aliphatic heterocycles. The molecule has 3 heterocycles. The highest BCUT2D eigenvalue weighted by Crippen LogP contribution is 2.49. The summed E-state index contributed by atoms with van der Waals surface area (Å²) in [5, 5.41) is 13.8. The molecule has 31 heavy (non-hydrogen) atoms. The van der Waals surface area contributed by atoms with E-state index in [0.29, 0.717) is 36.2 Å². The Morgan fingerprint density at radius 1 is 1.32 bits per heavy atom. The van der Waals surface area contributed by atoms with Crippen LogP contribution in [0.15, 0.2) is 12.1 Å². The van der Waals surface area contributed by atoms with Crippen LogP contribution in [0.4, 0.5) is 10.5 Å². The third kappa shape index (κ3) is 2.47. The SMILES string of the molecule is CCN1C(=O)C(C)(C)c2cc3[nH]c(-c4[c]c(C5(C(=O)O)CC5)n(C(N)=O)n4)nc3cc21. The van der Waals surface area contributed by atoms with Crippen LogP contribution in [0.5, 0.6) is 0 Å². The van der Waals surface area contributed by atoms with E-state index in [0.717, 1.165) is 15.9 Å². The second kappa shape index (κ2) is 5.93. The highest BCUT2D eigenvalue weighted by atomic mass is 16.4. The van der Waals surface area contributed by atoms with Crippen molar-refractivity contribution in [2.75, 3.05) is 11.4 Å². The lowest BCUT2D eigenvalue weighted by Crippen LogP contribution is -2.35. The molecule has 2 amide bonds. The van der Waals surface area contributed by atoms with E-state index in [2.05, 4.69) is 21.1 Å². The van der Waals surface area contributed by atoms with Gasteiger partial charge in [0.1, 0.15) is 11.1 Å². The minimum Gasteiger partial charge on any atom is -0.481 e. The molecule has 1 radical (unpaired) electrons. The molecule has 1 aromatic carbocycles. The molecule has 1 aliphatic carbocycles. The minimum absolute atomic E-state index is 0.0412. The van der Waals surface area contributed by atoms with Crippen LogP contribution < -0.4 is 10.6 Å². The summed E-state index contributed by atoms with van der Waals surface area (Å²) in [7, 11) is 0. The maximum absolute atomic E-state index is 12.7. The molecule has 3 aromatic rings. The number of likely N-dealkylation sites (N-methyl/N-ethyl adjacent to an activating group) is 1. The van der Waals surface area contributed by atoms with Gasteiger partial charge in [-0.2, -0.15) is 9.78 Å². The molecule has 1 fully saturated rings. The lowest BCUT2D eigenvalue weighted by atomic mass is 9.86. The number of carboxylic acid groups (broad SMARTS) is 1. The summed E-state index contributed by atoms with van der Waals surface area (Å²) in [6.07, 6.45) is 0.778. The lowest BCUT2D eigenvalue weighted by molar-refractivity contribution is -0.140. The van der Waals surface area contributed by atoms with Gasteiger partial charge in [0.15, 0.2) is 5.82 Å². The number of primary amides is 1. The molecule has 5 rings (SSSR count). The van der Waals surface area contributed by atoms with Crippen LogP contribution in [0.2, 0.25) is 0 Å². The Morgan fingerprint density at radius 3 is 2.61 bits per heavy atom. The summed E-state index contributed by atoms with van der Waals surface area (Å²) in [5.74, 6) is -0.655. The van der Waals surface area contributed by atoms with E-state index < -0.39 is 22.8 Å². The number of aromatic amines is 1. The Morgan fingerprint density at radius 2 is 2.03 bits per heavy atom. The van der Waals surface area contributed by atoms with Crippen molar-refractivity contribution in [3.8, 4) is 11.5 Å². The molecular formula is C21H21N6O4. The normalized spacial score (nSPS) is 18.4. The molecule has 0 bridgehead atoms. The first kappa shape index (κ1) is 19.3. The van der Waals surface area contributed by atoms with Crippen LogP contribution in [0.1, 0.15) is 44.9 Å². The van der Waals surface area contributed by atoms with Crippen LogP contribution in [-0.4, -0.2) is 49.3 Å². The summed E-state index contributed by atoms with van der Waals surface area (Å²) in [6.45, 7) is 6.26. The zero-order valence-electron chi connectivity index (χ0n) is 17.3. The second-order valence-corrected chi connectivity index (χ2v) is 8.61. The van der Waals surface area contributed by atoms with Crippen molar-refractivity contribution in [1.29, 1.82) is 0 Å². The van der Waals surface area contributed by atoms with Gasteiger partial charge in [0.25, 0.3) is 0 Å². The largest absolute Gasteiger partial charge is 0.481 e. The predicted octanol–water partition coefficient (Wildman–Crippen LogP) is 1.91. The first-order valence-corrected chi connectivity index (χ1v) is 10.0. The number of anilines is 1. The second-order valence-electron chi connectivity index (χ2n) is 8.61. The number of amides is 2. The van der Waals surface area contributed by atoms with Gasteiger partial charge in [0.2, 0.25) is 5.91 Å². The number of aliphatic carboxylic acids is 1. The first-order chi connectivity index (χ1) is 14.6. The van der Waals surface area contributed by atoms with Crippen molar-refractivity contribution in [2.45, 2.75) is 44.4 Å². The monoisotopic (exact) mass is 421 g/mol. The molecular weight excluding hydrogens is 400 g/mol. The third-order valence-electron chi connectivity index (χ3n) is 6.35. The van der Waals surface area contributed by atoms with Crippen LogP contribution in [-0.2, 0) is 20.4 Å². The quantitative estimate of drug-likeness (QED) is 0.586. The van der Waals surface area contributed by atoms with Gasteiger partial charge in [-0.1, -0.05) is 0 Å². The maximum Gasteiger partial charge on any atom is 0.339 e. The fourth-order valence-electron chi connectivity index (χ4n) is 4.36. The summed E-state index contributed by atoms with van der Waals surface area (Å²) < 4.78 is 0.893. The fourth-order valence-corrected chi connectivity index (χ4v) is 4.36. The van der Waals surface area contributed by atoms with E-state index >= 15 is 0 Å². The summed E-state index contributed by atoms with van der Waals surface area (Å²) in [5.41, 5.74) is 6.96. The highest BCUT2D eigenvalue weighted by molar-refractivity contribution is 6.09. The van der Waals surface area contributed by atoms with E-state index in [1.54, 1.807) is 4.90 Å². The van der Waals surface area contributed by atoms with E-state index in [1.807, 2.05) is 32.9 Å². The number of carbonyl (C=O) groups is 3. The molecule has 0 unspecified atom stereocenters. The van der Waals surface area contributed by atoms with Gasteiger partial charge in [-0.3, -0.25) is 9.59 Å². The number of fused-ring (bicyclic) bond motifs is 2. The van der Waals surface area contributed by atoms with E-state index in [1.165, 1.54) is 0 Å². The number of nitrogens with zero attached hydrogens (tertiary/aromatic N) is 4. The van der Waals surface area contributed by atoms with Crippen LogP contribution in [0.3, 0.4) is 0 Å². The number of nitrogens with two attached hydrogens (primary N) is 1. The third-order valence-corrected chi connectivity index (χ3v) is 6.35. The first-order valence-electron chi connectivity index (χ1n) is 10.0. The van der Waals surface area contributed by atoms with Crippen molar-refractivity contribution in [3.05, 3.63) is 29.5 Å². The van der Waals surface area contributed by atoms with Crippen molar-refractivity contribution in [2.24, 2.45) is 5.73 Å². The molecule has 0 saturated heterocycles. The number of rotatable bonds is 4. The van der Waals surface area contributed by atoms with E-state index in [-0.39, 0.29) is 17.3 Å². The number of hydrogen-bond donors (Lipinski definition) is 3. The standard InChI is InChI=1S/C21H21N6O4/c1-4-26-14-8-12-11(7-10(14)20(2,3)17(26)28)23-16(24-12)13-9-15(27(25-13)19(22)31)21(5-6-21)18(29)30/h7-8H,4-6H2,1-3H3,(H2,22,31)(H,23,24)(H,29,30). The Kier molecular flexibility index (Phi) is 3.69. The zero-order valence-corrected chi connectivity index (χ0v) is 17.3. The molecule has 4 N–H and O–H groups in total. The van der Waals surface area contributed by atoms with Gasteiger partial charge in [-0.05, 0) is 51.3 Å². The highest BCUT2D eigenvalue weighted by Gasteiger charge is 2.55. The molecule has 0 spiro atoms. The molecule has 0 atom stereocenters. The van der Waals surface area contributed by atoms with Crippen LogP contribution in [0.25, 0.3) is 22.6 Å². The fraction of sp³-hybridized carbons (Fsp3) is 0.381. The minimum atomic E-state index is -1.19. The topological polar surface area (TPSA) is 147 Å². The average molecular weight is 421 g/mol. The van der Waals surface area contributed by atoms with Crippen LogP contribution in [0, 0.1) is 6.07 Å². The summed E-state index contributed by atoms with van der Waals surface area (Å²) in [4.78, 5) is 45.8. The van der Waals surface area contributed by atoms with Gasteiger partial charge in [0, 0.05) is 12.6 Å². The number of imidazole rings is 1. The van der Waals surface area contributed by atoms with Crippen molar-refractivity contribution < 1.29 is 19.5 Å². The van der Waals surface area contributed by atoms with Gasteiger partial charge in [-0.15, -0.1) is 0 Å². The summed E-state index contributed by atoms with van der Waals surface area (Å²) in [6, 6.07) is 5.82. The Hall–Kier alpha value is -3.69. The zero-order chi connectivity index (χ0) is 22.3. The Labute approximate surface area is 177 Å². The number of carboxylic acids is 1. The van der Waals surface area contributed by atoms with Crippen molar-refractivity contribution >= 4 is 34.6 Å². The van der Waals surface area contributed by atoms with E-state index in [4.69, 9.17) is 5.73 Å². The number of benzene rings is 1. The van der Waals surface area contributed by atoms with Gasteiger partial charge >= 0.3 is 12.0 Å². The van der Waals surface area contributed by atoms with Crippen LogP contribution >= 0.6 is 0 Å². The summed E-state index contributed by atoms with van der Waals surface area (Å²) >= 11 is 0.